The van der Waals surface area contributed by atoms with Gasteiger partial charge in [-0.3, -0.25) is 14.2 Å². The van der Waals surface area contributed by atoms with Crippen molar-refractivity contribution in [3.05, 3.63) is 64.6 Å². The Kier molecular flexibility index (Phi) is 4.23. The number of aromatic nitrogens is 2. The lowest BCUT2D eigenvalue weighted by atomic mass is 9.88. The van der Waals surface area contributed by atoms with Crippen LogP contribution in [0.25, 0.3) is 11.0 Å². The number of anilines is 1. The number of hydrogen-bond donors (Lipinski definition) is 2. The third-order valence-corrected chi connectivity index (χ3v) is 6.06. The van der Waals surface area contributed by atoms with Crippen LogP contribution in [0, 0.1) is 0 Å². The van der Waals surface area contributed by atoms with E-state index < -0.39 is 5.92 Å². The van der Waals surface area contributed by atoms with Crippen molar-refractivity contribution >= 4 is 28.5 Å². The molecule has 1 atom stereocenters. The smallest absolute Gasteiger partial charge is 0.326 e. The fourth-order valence-electron chi connectivity index (χ4n) is 4.63. The van der Waals surface area contributed by atoms with E-state index in [0.717, 1.165) is 22.3 Å². The van der Waals surface area contributed by atoms with Crippen molar-refractivity contribution in [3.63, 3.8) is 0 Å². The fourth-order valence-corrected chi connectivity index (χ4v) is 4.63. The normalized spacial score (nSPS) is 19.8. The molecule has 0 radical (unpaired) electrons. The van der Waals surface area contributed by atoms with Crippen LogP contribution in [0.15, 0.2) is 53.3 Å². The summed E-state index contributed by atoms with van der Waals surface area (Å²) in [6.07, 6.45) is 1.61. The van der Waals surface area contributed by atoms with Crippen LogP contribution in [0.2, 0.25) is 0 Å². The van der Waals surface area contributed by atoms with E-state index in [-0.39, 0.29) is 30.0 Å². The molecule has 2 aliphatic heterocycles. The van der Waals surface area contributed by atoms with Gasteiger partial charge in [-0.15, -0.1) is 0 Å². The van der Waals surface area contributed by atoms with Gasteiger partial charge < -0.3 is 15.2 Å². The maximum atomic E-state index is 13.2. The number of rotatable bonds is 2. The number of aromatic amines is 1. The van der Waals surface area contributed by atoms with Gasteiger partial charge in [-0.1, -0.05) is 30.3 Å². The summed E-state index contributed by atoms with van der Waals surface area (Å²) >= 11 is 0. The zero-order valence-corrected chi connectivity index (χ0v) is 15.9. The largest absolute Gasteiger partial charge is 0.342 e. The molecule has 5 rings (SSSR count). The number of fused-ring (bicyclic) bond motifs is 2. The highest BCUT2D eigenvalue weighted by molar-refractivity contribution is 6.01. The van der Waals surface area contributed by atoms with Gasteiger partial charge in [0.1, 0.15) is 0 Å². The molecule has 2 aromatic carbocycles. The minimum atomic E-state index is -0.438. The van der Waals surface area contributed by atoms with Crippen molar-refractivity contribution in [2.24, 2.45) is 0 Å². The zero-order chi connectivity index (χ0) is 20.0. The molecule has 7 heteroatoms. The van der Waals surface area contributed by atoms with Crippen molar-refractivity contribution in [1.82, 2.24) is 14.5 Å². The summed E-state index contributed by atoms with van der Waals surface area (Å²) in [5.41, 5.74) is 3.24. The van der Waals surface area contributed by atoms with Gasteiger partial charge in [0, 0.05) is 31.2 Å². The Balaban J connectivity index is 1.35. The number of para-hydroxylation sites is 3. The summed E-state index contributed by atoms with van der Waals surface area (Å²) in [6, 6.07) is 15.2. The highest BCUT2D eigenvalue weighted by Crippen LogP contribution is 2.34. The number of nitrogens with one attached hydrogen (secondary N) is 2. The predicted octanol–water partition coefficient (Wildman–Crippen LogP) is 2.62. The molecule has 0 spiro atoms. The minimum Gasteiger partial charge on any atom is -0.342 e. The van der Waals surface area contributed by atoms with E-state index in [1.54, 1.807) is 0 Å². The molecule has 1 unspecified atom stereocenters. The molecule has 1 aromatic heterocycles. The third-order valence-electron chi connectivity index (χ3n) is 6.06. The molecule has 3 heterocycles. The van der Waals surface area contributed by atoms with Crippen LogP contribution in [-0.4, -0.2) is 39.4 Å². The van der Waals surface area contributed by atoms with Gasteiger partial charge in [0.15, 0.2) is 0 Å². The maximum absolute atomic E-state index is 13.2. The summed E-state index contributed by atoms with van der Waals surface area (Å²) in [6.45, 7) is 1.16. The average molecular weight is 390 g/mol. The van der Waals surface area contributed by atoms with Crippen molar-refractivity contribution in [3.8, 4) is 0 Å². The number of hydrogen-bond acceptors (Lipinski definition) is 3. The monoisotopic (exact) mass is 390 g/mol. The first-order valence-electron chi connectivity index (χ1n) is 9.98. The van der Waals surface area contributed by atoms with Gasteiger partial charge in [-0.2, -0.15) is 0 Å². The van der Waals surface area contributed by atoms with E-state index in [1.807, 2.05) is 58.0 Å². The van der Waals surface area contributed by atoms with Crippen LogP contribution in [0.3, 0.4) is 0 Å². The van der Waals surface area contributed by atoms with Gasteiger partial charge in [-0.05, 0) is 36.6 Å². The minimum absolute atomic E-state index is 0.00276. The average Bonchev–Trinajstić information content (AvgIpc) is 3.08. The first-order valence-corrected chi connectivity index (χ1v) is 9.98. The van der Waals surface area contributed by atoms with E-state index in [2.05, 4.69) is 10.3 Å². The Morgan fingerprint density at radius 3 is 2.52 bits per heavy atom. The standard InChI is InChI=1S/C22H22N4O3/c27-20-13-16(15-5-1-2-6-17(15)23-20)21(28)25-11-9-14(10-12-25)26-19-8-4-3-7-18(19)24-22(26)29/h1-8,14,16H,9-13H2,(H,23,27)(H,24,29). The number of imidazole rings is 1. The van der Waals surface area contributed by atoms with Crippen LogP contribution in [-0.2, 0) is 9.59 Å². The summed E-state index contributed by atoms with van der Waals surface area (Å²) < 4.78 is 1.82. The van der Waals surface area contributed by atoms with Crippen molar-refractivity contribution < 1.29 is 9.59 Å². The molecular formula is C22H22N4O3. The van der Waals surface area contributed by atoms with Crippen molar-refractivity contribution in [1.29, 1.82) is 0 Å². The van der Waals surface area contributed by atoms with Crippen LogP contribution >= 0.6 is 0 Å². The molecule has 2 amide bonds. The van der Waals surface area contributed by atoms with Gasteiger partial charge in [0.25, 0.3) is 0 Å². The molecule has 0 aliphatic carbocycles. The lowest BCUT2D eigenvalue weighted by molar-refractivity contribution is -0.136. The first-order chi connectivity index (χ1) is 14.1. The highest BCUT2D eigenvalue weighted by Gasteiger charge is 2.35. The molecule has 0 bridgehead atoms. The molecule has 29 heavy (non-hydrogen) atoms. The van der Waals surface area contributed by atoms with Gasteiger partial charge in [-0.25, -0.2) is 4.79 Å². The number of benzene rings is 2. The second kappa shape index (κ2) is 6.92. The van der Waals surface area contributed by atoms with Crippen LogP contribution in [0.1, 0.15) is 36.8 Å². The third kappa shape index (κ3) is 3.03. The van der Waals surface area contributed by atoms with Crippen LogP contribution in [0.5, 0.6) is 0 Å². The molecule has 1 fully saturated rings. The highest BCUT2D eigenvalue weighted by atomic mass is 16.2. The second-order valence-corrected chi connectivity index (χ2v) is 7.77. The molecule has 0 saturated carbocycles. The molecule has 3 aromatic rings. The molecule has 1 saturated heterocycles. The van der Waals surface area contributed by atoms with E-state index in [0.29, 0.717) is 25.9 Å². The summed E-state index contributed by atoms with van der Waals surface area (Å²) in [4.78, 5) is 42.5. The summed E-state index contributed by atoms with van der Waals surface area (Å²) in [7, 11) is 0. The number of H-pyrrole nitrogens is 1. The van der Waals surface area contributed by atoms with Crippen LogP contribution in [0.4, 0.5) is 5.69 Å². The zero-order valence-electron chi connectivity index (χ0n) is 15.9. The Morgan fingerprint density at radius 1 is 0.966 bits per heavy atom. The lowest BCUT2D eigenvalue weighted by Gasteiger charge is -2.36. The Bertz CT molecular complexity index is 1150. The van der Waals surface area contributed by atoms with Gasteiger partial charge in [0.2, 0.25) is 11.8 Å². The molecule has 2 N–H and O–H groups in total. The SMILES string of the molecule is O=C1CC(C(=O)N2CCC(n3c(=O)[nH]c4ccccc43)CC2)c2ccccc2N1. The number of likely N-dealkylation sites (tertiary alicyclic amines) is 1. The molecule has 2 aliphatic rings. The first kappa shape index (κ1) is 17.7. The lowest BCUT2D eigenvalue weighted by Crippen LogP contribution is -2.44. The van der Waals surface area contributed by atoms with Gasteiger partial charge >= 0.3 is 5.69 Å². The quantitative estimate of drug-likeness (QED) is 0.705. The number of piperidine rings is 1. The number of nitrogens with zero attached hydrogens (tertiary/aromatic N) is 2. The predicted molar refractivity (Wildman–Crippen MR) is 110 cm³/mol. The van der Waals surface area contributed by atoms with E-state index in [4.69, 9.17) is 0 Å². The molecule has 7 nitrogen and oxygen atoms in total. The number of amides is 2. The molecular weight excluding hydrogens is 368 g/mol. The van der Waals surface area contributed by atoms with Crippen LogP contribution < -0.4 is 11.0 Å². The van der Waals surface area contributed by atoms with E-state index in [1.165, 1.54) is 0 Å². The molecule has 148 valence electrons. The fraction of sp³-hybridized carbons (Fsp3) is 0.318. The van der Waals surface area contributed by atoms with E-state index >= 15 is 0 Å². The Hall–Kier alpha value is -3.35. The van der Waals surface area contributed by atoms with Crippen molar-refractivity contribution in [2.75, 3.05) is 18.4 Å². The number of carbonyl (C=O) groups excluding carboxylic acids is 2. The maximum Gasteiger partial charge on any atom is 0.326 e. The second-order valence-electron chi connectivity index (χ2n) is 7.77. The van der Waals surface area contributed by atoms with Gasteiger partial charge in [0.05, 0.1) is 17.0 Å². The Morgan fingerprint density at radius 2 is 1.69 bits per heavy atom. The van der Waals surface area contributed by atoms with Crippen molar-refractivity contribution in [2.45, 2.75) is 31.2 Å². The Labute approximate surface area is 167 Å². The number of carbonyl (C=O) groups is 2. The van der Waals surface area contributed by atoms with E-state index in [9.17, 15) is 14.4 Å². The summed E-state index contributed by atoms with van der Waals surface area (Å²) in [5.74, 6) is -0.563. The summed E-state index contributed by atoms with van der Waals surface area (Å²) in [5, 5.41) is 2.85. The topological polar surface area (TPSA) is 87.2 Å².